The van der Waals surface area contributed by atoms with E-state index in [1.54, 1.807) is 0 Å². The molecule has 0 aliphatic heterocycles. The average molecular weight is 190 g/mol. The van der Waals surface area contributed by atoms with Crippen LogP contribution in [0.4, 0.5) is 0 Å². The first-order valence-corrected chi connectivity index (χ1v) is 8.90. The van der Waals surface area contributed by atoms with Crippen LogP contribution in [0.2, 0.25) is 0 Å². The Hall–Kier alpha value is 1.16. The number of hydrogen-bond donors (Lipinski definition) is 1. The second-order valence-electron chi connectivity index (χ2n) is 1.03. The molecule has 0 aromatic rings. The van der Waals surface area contributed by atoms with E-state index < -0.39 is 13.4 Å². The quantitative estimate of drug-likeness (QED) is 0.548. The first kappa shape index (κ1) is 9.16. The van der Waals surface area contributed by atoms with E-state index in [4.69, 9.17) is 0 Å². The SMILES string of the molecule is CCS[PH](=O)[PH](=O)S. The fourth-order valence-corrected chi connectivity index (χ4v) is 5.89. The summed E-state index contributed by atoms with van der Waals surface area (Å²) in [7, 11) is 0. The van der Waals surface area contributed by atoms with Gasteiger partial charge in [0.15, 0.2) is 13.4 Å². The molecule has 0 aliphatic carbocycles. The molecule has 0 radical (unpaired) electrons. The summed E-state index contributed by atoms with van der Waals surface area (Å²) in [6.45, 7) is -2.02. The molecular weight excluding hydrogens is 182 g/mol. The molecule has 0 aromatic heterocycles. The van der Waals surface area contributed by atoms with Gasteiger partial charge >= 0.3 is 0 Å². The Bertz CT molecular complexity index is 115. The minimum Gasteiger partial charge on any atom is -0.307 e. The summed E-state index contributed by atoms with van der Waals surface area (Å²) in [5.74, 6) is 0.759. The Labute approximate surface area is 59.2 Å². The Morgan fingerprint density at radius 1 is 1.62 bits per heavy atom. The van der Waals surface area contributed by atoms with E-state index in [0.717, 1.165) is 5.75 Å². The van der Waals surface area contributed by atoms with Gasteiger partial charge in [0.2, 0.25) is 0 Å². The van der Waals surface area contributed by atoms with E-state index in [1.807, 2.05) is 6.92 Å². The lowest BCUT2D eigenvalue weighted by Crippen LogP contribution is -1.51. The Balaban J connectivity index is 3.49. The van der Waals surface area contributed by atoms with Gasteiger partial charge < -0.3 is 9.13 Å². The smallest absolute Gasteiger partial charge is 0.189 e. The molecule has 0 rings (SSSR count). The summed E-state index contributed by atoms with van der Waals surface area (Å²) in [6.07, 6.45) is 0. The summed E-state index contributed by atoms with van der Waals surface area (Å²) < 4.78 is 20.8. The molecule has 0 spiro atoms. The normalized spacial score (nSPS) is 17.8. The van der Waals surface area contributed by atoms with Crippen molar-refractivity contribution in [1.29, 1.82) is 0 Å². The highest BCUT2D eigenvalue weighted by molar-refractivity contribution is 8.85. The predicted octanol–water partition coefficient (Wildman–Crippen LogP) is 2.53. The lowest BCUT2D eigenvalue weighted by Gasteiger charge is -1.89. The van der Waals surface area contributed by atoms with Crippen molar-refractivity contribution in [3.05, 3.63) is 0 Å². The maximum absolute atomic E-state index is 10.5. The van der Waals surface area contributed by atoms with E-state index >= 15 is 0 Å². The second kappa shape index (κ2) is 4.99. The van der Waals surface area contributed by atoms with E-state index in [0.29, 0.717) is 0 Å². The summed E-state index contributed by atoms with van der Waals surface area (Å²) in [4.78, 5) is 0. The minimum atomic E-state index is -2.02. The van der Waals surface area contributed by atoms with E-state index in [-0.39, 0.29) is 0 Å². The van der Waals surface area contributed by atoms with Gasteiger partial charge in [0.05, 0.1) is 0 Å². The van der Waals surface area contributed by atoms with Gasteiger partial charge in [-0.15, -0.1) is 12.2 Å². The third-order valence-corrected chi connectivity index (χ3v) is 10.2. The van der Waals surface area contributed by atoms with Crippen molar-refractivity contribution in [2.45, 2.75) is 6.92 Å². The molecule has 2 atom stereocenters. The van der Waals surface area contributed by atoms with Crippen LogP contribution in [0, 0.1) is 0 Å². The van der Waals surface area contributed by atoms with Crippen LogP contribution in [0.1, 0.15) is 6.92 Å². The summed E-state index contributed by atoms with van der Waals surface area (Å²) >= 11 is 4.83. The van der Waals surface area contributed by atoms with Gasteiger partial charge in [0.1, 0.15) is 0 Å². The van der Waals surface area contributed by atoms with Gasteiger partial charge in [-0.25, -0.2) is 0 Å². The molecule has 0 saturated heterocycles. The Morgan fingerprint density at radius 2 is 2.12 bits per heavy atom. The average Bonchev–Trinajstić information content (AvgIpc) is 1.67. The van der Waals surface area contributed by atoms with Crippen LogP contribution < -0.4 is 0 Å². The lowest BCUT2D eigenvalue weighted by molar-refractivity contribution is 0.589. The molecule has 6 heteroatoms. The van der Waals surface area contributed by atoms with Crippen LogP contribution in [0.3, 0.4) is 0 Å². The van der Waals surface area contributed by atoms with E-state index in [1.165, 1.54) is 11.4 Å². The van der Waals surface area contributed by atoms with Crippen LogP contribution in [0.25, 0.3) is 0 Å². The molecular formula is C2H8O2P2S2. The topological polar surface area (TPSA) is 34.1 Å². The fraction of sp³-hybridized carbons (Fsp3) is 1.00. The number of thiol groups is 1. The third kappa shape index (κ3) is 4.08. The van der Waals surface area contributed by atoms with Crippen molar-refractivity contribution in [1.82, 2.24) is 0 Å². The molecule has 2 unspecified atom stereocenters. The zero-order valence-electron chi connectivity index (χ0n) is 4.38. The molecule has 0 aliphatic rings. The van der Waals surface area contributed by atoms with Gasteiger partial charge in [0.25, 0.3) is 0 Å². The molecule has 0 saturated carbocycles. The molecule has 8 heavy (non-hydrogen) atoms. The highest BCUT2D eigenvalue weighted by atomic mass is 33.1. The number of hydrogen-bond acceptors (Lipinski definition) is 3. The van der Waals surface area contributed by atoms with Crippen LogP contribution in [-0.4, -0.2) is 5.75 Å². The van der Waals surface area contributed by atoms with Crippen molar-refractivity contribution < 1.29 is 9.13 Å². The molecule has 0 heterocycles. The van der Waals surface area contributed by atoms with Gasteiger partial charge in [0, 0.05) is 0 Å². The molecule has 0 aromatic carbocycles. The van der Waals surface area contributed by atoms with Crippen molar-refractivity contribution in [3.63, 3.8) is 0 Å². The van der Waals surface area contributed by atoms with E-state index in [9.17, 15) is 9.13 Å². The zero-order chi connectivity index (χ0) is 6.57. The highest BCUT2D eigenvalue weighted by Crippen LogP contribution is 2.62. The summed E-state index contributed by atoms with van der Waals surface area (Å²) in [5, 5.41) is 0. The molecule has 50 valence electrons. The second-order valence-corrected chi connectivity index (χ2v) is 11.3. The summed E-state index contributed by atoms with van der Waals surface area (Å²) in [6, 6.07) is 0. The van der Waals surface area contributed by atoms with Crippen molar-refractivity contribution in [2.24, 2.45) is 0 Å². The Kier molecular flexibility index (Phi) is 5.71. The zero-order valence-corrected chi connectivity index (χ0v) is 8.09. The molecule has 2 nitrogen and oxygen atoms in total. The minimum absolute atomic E-state index is 0.759. The predicted molar refractivity (Wildman–Crippen MR) is 45.1 cm³/mol. The molecule has 0 amide bonds. The summed E-state index contributed by atoms with van der Waals surface area (Å²) in [5.41, 5.74) is 0. The fourth-order valence-electron chi connectivity index (χ4n) is 0.193. The maximum atomic E-state index is 10.5. The van der Waals surface area contributed by atoms with Crippen molar-refractivity contribution in [2.75, 3.05) is 5.75 Å². The third-order valence-electron chi connectivity index (χ3n) is 0.450. The Morgan fingerprint density at radius 3 is 2.25 bits per heavy atom. The highest BCUT2D eigenvalue weighted by Gasteiger charge is 2.00. The van der Waals surface area contributed by atoms with Crippen molar-refractivity contribution >= 4 is 37.0 Å². The standard InChI is InChI=1S/C2H8O2P2S2/c1-2-8-6(4)5(3)7/h5-6H,2H2,1H3,(H,3,7). The lowest BCUT2D eigenvalue weighted by atomic mass is 11.0. The van der Waals surface area contributed by atoms with Gasteiger partial charge in [-0.2, -0.15) is 0 Å². The van der Waals surface area contributed by atoms with E-state index in [2.05, 4.69) is 12.2 Å². The van der Waals surface area contributed by atoms with Crippen LogP contribution in [0.5, 0.6) is 0 Å². The molecule has 0 fully saturated rings. The van der Waals surface area contributed by atoms with Crippen LogP contribution in [-0.2, 0) is 9.13 Å². The van der Waals surface area contributed by atoms with Gasteiger partial charge in [-0.3, -0.25) is 0 Å². The van der Waals surface area contributed by atoms with Gasteiger partial charge in [-0.1, -0.05) is 18.3 Å². The number of rotatable bonds is 3. The first-order valence-electron chi connectivity index (χ1n) is 2.08. The van der Waals surface area contributed by atoms with Crippen LogP contribution >= 0.6 is 37.0 Å². The maximum Gasteiger partial charge on any atom is 0.189 e. The van der Waals surface area contributed by atoms with Crippen molar-refractivity contribution in [3.8, 4) is 0 Å². The monoisotopic (exact) mass is 190 g/mol. The molecule has 0 N–H and O–H groups in total. The van der Waals surface area contributed by atoms with Gasteiger partial charge in [-0.05, 0) is 5.75 Å². The largest absolute Gasteiger partial charge is 0.307 e. The molecule has 0 bridgehead atoms. The van der Waals surface area contributed by atoms with Crippen LogP contribution in [0.15, 0.2) is 0 Å². The first-order chi connectivity index (χ1) is 3.68.